The van der Waals surface area contributed by atoms with Crippen LogP contribution in [0.1, 0.15) is 15.9 Å². The molecule has 2 heterocycles. The summed E-state index contributed by atoms with van der Waals surface area (Å²) < 4.78 is 5.68. The fraction of sp³-hybridized carbons (Fsp3) is 0.143. The van der Waals surface area contributed by atoms with Gasteiger partial charge in [0.15, 0.2) is 0 Å². The van der Waals surface area contributed by atoms with Crippen molar-refractivity contribution < 1.29 is 9.53 Å². The molecule has 0 fully saturated rings. The minimum Gasteiger partial charge on any atom is -0.491 e. The lowest BCUT2D eigenvalue weighted by molar-refractivity contribution is 0.0914. The molecule has 0 saturated heterocycles. The summed E-state index contributed by atoms with van der Waals surface area (Å²) in [4.78, 5) is 27.6. The molecule has 1 aliphatic rings. The van der Waals surface area contributed by atoms with Gasteiger partial charge in [-0.1, -0.05) is 48.5 Å². The van der Waals surface area contributed by atoms with Crippen LogP contribution in [-0.2, 0) is 6.42 Å². The number of pyridine rings is 1. The van der Waals surface area contributed by atoms with E-state index < -0.39 is 5.56 Å². The van der Waals surface area contributed by atoms with E-state index in [9.17, 15) is 9.59 Å². The molecular formula is C21H18N2O3. The lowest BCUT2D eigenvalue weighted by Gasteiger charge is -2.25. The summed E-state index contributed by atoms with van der Waals surface area (Å²) in [6, 6.07) is 20.4. The monoisotopic (exact) mass is 346 g/mol. The summed E-state index contributed by atoms with van der Waals surface area (Å²) in [5.74, 6) is 0.460. The summed E-state index contributed by atoms with van der Waals surface area (Å²) in [6.45, 7) is 0.392. The van der Waals surface area contributed by atoms with Crippen LogP contribution in [0.15, 0.2) is 71.5 Å². The predicted molar refractivity (Wildman–Crippen MR) is 99.4 cm³/mol. The highest BCUT2D eigenvalue weighted by molar-refractivity contribution is 5.94. The van der Waals surface area contributed by atoms with Crippen LogP contribution in [0, 0.1) is 0 Å². The van der Waals surface area contributed by atoms with Crippen LogP contribution >= 0.6 is 0 Å². The maximum Gasteiger partial charge on any atom is 0.261 e. The number of carbonyl (C=O) groups excluding carboxylic acids is 1. The second-order valence-corrected chi connectivity index (χ2v) is 6.27. The molecule has 1 amide bonds. The average molecular weight is 346 g/mol. The molecule has 0 spiro atoms. The first-order chi connectivity index (χ1) is 12.7. The van der Waals surface area contributed by atoms with Gasteiger partial charge >= 0.3 is 0 Å². The smallest absolute Gasteiger partial charge is 0.261 e. The topological polar surface area (TPSA) is 71.2 Å². The number of carbonyl (C=O) groups is 1. The van der Waals surface area contributed by atoms with E-state index in [0.717, 1.165) is 16.9 Å². The molecule has 4 rings (SSSR count). The van der Waals surface area contributed by atoms with E-state index in [2.05, 4.69) is 10.3 Å². The molecule has 130 valence electrons. The summed E-state index contributed by atoms with van der Waals surface area (Å²) in [7, 11) is 0. The zero-order valence-corrected chi connectivity index (χ0v) is 14.1. The number of H-pyrrole nitrogens is 1. The maximum atomic E-state index is 12.5. The number of aromatic nitrogens is 1. The van der Waals surface area contributed by atoms with Crippen molar-refractivity contribution in [2.24, 2.45) is 0 Å². The van der Waals surface area contributed by atoms with E-state index in [0.29, 0.717) is 18.7 Å². The van der Waals surface area contributed by atoms with Gasteiger partial charge in [0.2, 0.25) is 0 Å². The van der Waals surface area contributed by atoms with Crippen molar-refractivity contribution in [2.45, 2.75) is 12.5 Å². The van der Waals surface area contributed by atoms with Crippen molar-refractivity contribution >= 4 is 5.91 Å². The van der Waals surface area contributed by atoms with Gasteiger partial charge in [0, 0.05) is 5.69 Å². The highest BCUT2D eigenvalue weighted by atomic mass is 16.5. The number of fused-ring (bicyclic) bond motifs is 1. The van der Waals surface area contributed by atoms with Gasteiger partial charge in [-0.3, -0.25) is 9.59 Å². The lowest BCUT2D eigenvalue weighted by atomic mass is 10.0. The summed E-state index contributed by atoms with van der Waals surface area (Å²) in [5, 5.41) is 2.89. The minimum atomic E-state index is -0.402. The van der Waals surface area contributed by atoms with Crippen molar-refractivity contribution in [1.82, 2.24) is 10.3 Å². The zero-order chi connectivity index (χ0) is 17.9. The number of benzene rings is 2. The summed E-state index contributed by atoms with van der Waals surface area (Å²) in [5.41, 5.74) is 2.33. The van der Waals surface area contributed by atoms with Crippen molar-refractivity contribution in [3.63, 3.8) is 0 Å². The van der Waals surface area contributed by atoms with Crippen LogP contribution in [0.5, 0.6) is 5.75 Å². The van der Waals surface area contributed by atoms with Crippen LogP contribution in [-0.4, -0.2) is 23.5 Å². The van der Waals surface area contributed by atoms with Crippen molar-refractivity contribution in [3.05, 3.63) is 88.2 Å². The van der Waals surface area contributed by atoms with Gasteiger partial charge in [-0.15, -0.1) is 0 Å². The highest BCUT2D eigenvalue weighted by Crippen LogP contribution is 2.24. The molecular weight excluding hydrogens is 328 g/mol. The Morgan fingerprint density at radius 2 is 1.77 bits per heavy atom. The number of hydrogen-bond donors (Lipinski definition) is 2. The van der Waals surface area contributed by atoms with Gasteiger partial charge in [0.1, 0.15) is 17.9 Å². The SMILES string of the molecule is O=C(N[C@H]1COc2ccccc2C1)c1ccc(-c2ccccc2)[nH]c1=O. The second-order valence-electron chi connectivity index (χ2n) is 6.27. The molecule has 1 aliphatic heterocycles. The highest BCUT2D eigenvalue weighted by Gasteiger charge is 2.22. The third-order valence-electron chi connectivity index (χ3n) is 4.45. The lowest BCUT2D eigenvalue weighted by Crippen LogP contribution is -2.44. The number of rotatable bonds is 3. The predicted octanol–water partition coefficient (Wildman–Crippen LogP) is 2.78. The number of hydrogen-bond acceptors (Lipinski definition) is 3. The van der Waals surface area contributed by atoms with E-state index in [-0.39, 0.29) is 17.5 Å². The van der Waals surface area contributed by atoms with Crippen LogP contribution in [0.2, 0.25) is 0 Å². The minimum absolute atomic E-state index is 0.100. The van der Waals surface area contributed by atoms with Crippen molar-refractivity contribution in [2.75, 3.05) is 6.61 Å². The van der Waals surface area contributed by atoms with E-state index >= 15 is 0 Å². The molecule has 1 aromatic heterocycles. The van der Waals surface area contributed by atoms with E-state index in [1.54, 1.807) is 12.1 Å². The fourth-order valence-electron chi connectivity index (χ4n) is 3.12. The second kappa shape index (κ2) is 6.88. The molecule has 2 aromatic carbocycles. The molecule has 0 aliphatic carbocycles. The van der Waals surface area contributed by atoms with E-state index in [1.807, 2.05) is 54.6 Å². The average Bonchev–Trinajstić information content (AvgIpc) is 2.68. The van der Waals surface area contributed by atoms with Crippen LogP contribution < -0.4 is 15.6 Å². The molecule has 0 saturated carbocycles. The molecule has 3 aromatic rings. The van der Waals surface area contributed by atoms with Gasteiger partial charge in [-0.05, 0) is 35.7 Å². The molecule has 26 heavy (non-hydrogen) atoms. The van der Waals surface area contributed by atoms with Crippen LogP contribution in [0.25, 0.3) is 11.3 Å². The first-order valence-corrected chi connectivity index (χ1v) is 8.51. The number of amides is 1. The van der Waals surface area contributed by atoms with Gasteiger partial charge < -0.3 is 15.0 Å². The molecule has 5 nitrogen and oxygen atoms in total. The normalized spacial score (nSPS) is 15.6. The molecule has 1 atom stereocenters. The Morgan fingerprint density at radius 1 is 1.00 bits per heavy atom. The standard InChI is InChI=1S/C21H18N2O3/c24-20(22-16-12-15-8-4-5-9-19(15)26-13-16)17-10-11-18(23-21(17)25)14-6-2-1-3-7-14/h1-11,16H,12-13H2,(H,22,24)(H,23,25)/t16-/m1/s1. The first kappa shape index (κ1) is 16.1. The Kier molecular flexibility index (Phi) is 4.27. The molecule has 0 radical (unpaired) electrons. The third kappa shape index (κ3) is 3.24. The Bertz CT molecular complexity index is 995. The number of ether oxygens (including phenoxy) is 1. The Morgan fingerprint density at radius 3 is 2.58 bits per heavy atom. The van der Waals surface area contributed by atoms with Gasteiger partial charge in [0.25, 0.3) is 11.5 Å². The number of nitrogens with one attached hydrogen (secondary N) is 2. The maximum absolute atomic E-state index is 12.5. The van der Waals surface area contributed by atoms with E-state index in [1.165, 1.54) is 0 Å². The number of aromatic amines is 1. The van der Waals surface area contributed by atoms with E-state index in [4.69, 9.17) is 4.74 Å². The Labute approximate surface area is 150 Å². The van der Waals surface area contributed by atoms with Gasteiger partial charge in [-0.25, -0.2) is 0 Å². The largest absolute Gasteiger partial charge is 0.491 e. The van der Waals surface area contributed by atoms with Crippen molar-refractivity contribution in [1.29, 1.82) is 0 Å². The summed E-state index contributed by atoms with van der Waals surface area (Å²) in [6.07, 6.45) is 0.682. The Hall–Kier alpha value is -3.34. The molecule has 5 heteroatoms. The van der Waals surface area contributed by atoms with Crippen molar-refractivity contribution in [3.8, 4) is 17.0 Å². The summed E-state index contributed by atoms with van der Waals surface area (Å²) >= 11 is 0. The Balaban J connectivity index is 1.50. The van der Waals surface area contributed by atoms with Crippen LogP contribution in [0.4, 0.5) is 0 Å². The quantitative estimate of drug-likeness (QED) is 0.766. The van der Waals surface area contributed by atoms with Crippen LogP contribution in [0.3, 0.4) is 0 Å². The molecule has 0 unspecified atom stereocenters. The molecule has 2 N–H and O–H groups in total. The number of para-hydroxylation sites is 1. The zero-order valence-electron chi connectivity index (χ0n) is 14.1. The van der Waals surface area contributed by atoms with Gasteiger partial charge in [0.05, 0.1) is 6.04 Å². The fourth-order valence-corrected chi connectivity index (χ4v) is 3.12. The third-order valence-corrected chi connectivity index (χ3v) is 4.45. The molecule has 0 bridgehead atoms. The van der Waals surface area contributed by atoms with Gasteiger partial charge in [-0.2, -0.15) is 0 Å². The first-order valence-electron chi connectivity index (χ1n) is 8.51.